The number of carbonyl (C=O) groups is 1. The summed E-state index contributed by atoms with van der Waals surface area (Å²) in [4.78, 5) is 12.6. The van der Waals surface area contributed by atoms with Crippen molar-refractivity contribution in [3.63, 3.8) is 0 Å². The molecular weight excluding hydrogens is 310 g/mol. The Labute approximate surface area is 151 Å². The van der Waals surface area contributed by atoms with Crippen LogP contribution in [0.2, 0.25) is 0 Å². The van der Waals surface area contributed by atoms with E-state index in [1.54, 1.807) is 0 Å². The van der Waals surface area contributed by atoms with E-state index in [0.29, 0.717) is 6.42 Å². The molecule has 0 radical (unpaired) electrons. The number of rotatable bonds is 6. The third-order valence-corrected chi connectivity index (χ3v) is 4.32. The third-order valence-electron chi connectivity index (χ3n) is 4.32. The van der Waals surface area contributed by atoms with Gasteiger partial charge in [-0.2, -0.15) is 0 Å². The van der Waals surface area contributed by atoms with Crippen molar-refractivity contribution < 1.29 is 9.53 Å². The first-order valence-corrected chi connectivity index (χ1v) is 9.01. The number of ether oxygens (including phenoxy) is 1. The monoisotopic (exact) mass is 339 g/mol. The third kappa shape index (κ3) is 5.09. The summed E-state index contributed by atoms with van der Waals surface area (Å²) in [6.45, 7) is 10.6. The van der Waals surface area contributed by atoms with E-state index in [0.717, 1.165) is 23.4 Å². The summed E-state index contributed by atoms with van der Waals surface area (Å²) in [5, 5.41) is 3.00. The molecule has 2 rings (SSSR count). The molecule has 1 N–H and O–H groups in total. The van der Waals surface area contributed by atoms with E-state index >= 15 is 0 Å². The molecule has 25 heavy (non-hydrogen) atoms. The number of aryl methyl sites for hydroxylation is 1. The number of nitrogens with one attached hydrogen (secondary N) is 1. The van der Waals surface area contributed by atoms with E-state index in [1.807, 2.05) is 43.3 Å². The van der Waals surface area contributed by atoms with Crippen LogP contribution in [0, 0.1) is 0 Å². The van der Waals surface area contributed by atoms with Gasteiger partial charge in [-0.05, 0) is 47.6 Å². The predicted molar refractivity (Wildman–Crippen MR) is 104 cm³/mol. The van der Waals surface area contributed by atoms with Crippen molar-refractivity contribution >= 4 is 11.6 Å². The quantitative estimate of drug-likeness (QED) is 0.771. The molecule has 134 valence electrons. The minimum Gasteiger partial charge on any atom is -0.481 e. The van der Waals surface area contributed by atoms with Gasteiger partial charge in [0.2, 0.25) is 0 Å². The molecule has 0 fully saturated rings. The zero-order valence-corrected chi connectivity index (χ0v) is 15.9. The van der Waals surface area contributed by atoms with Crippen LogP contribution in [0.5, 0.6) is 5.75 Å². The zero-order valence-electron chi connectivity index (χ0n) is 15.9. The Kier molecular flexibility index (Phi) is 6.24. The van der Waals surface area contributed by atoms with Gasteiger partial charge in [-0.1, -0.05) is 65.0 Å². The van der Waals surface area contributed by atoms with Gasteiger partial charge in [-0.15, -0.1) is 0 Å². The Balaban J connectivity index is 2.07. The molecule has 3 nitrogen and oxygen atoms in total. The smallest absolute Gasteiger partial charge is 0.265 e. The van der Waals surface area contributed by atoms with Crippen molar-refractivity contribution in [2.75, 3.05) is 5.32 Å². The van der Waals surface area contributed by atoms with E-state index in [9.17, 15) is 4.79 Å². The van der Waals surface area contributed by atoms with Crippen LogP contribution < -0.4 is 10.1 Å². The topological polar surface area (TPSA) is 38.3 Å². The van der Waals surface area contributed by atoms with Gasteiger partial charge in [0.1, 0.15) is 5.75 Å². The Morgan fingerprint density at radius 3 is 2.24 bits per heavy atom. The highest BCUT2D eigenvalue weighted by atomic mass is 16.5. The molecule has 0 spiro atoms. The van der Waals surface area contributed by atoms with Crippen molar-refractivity contribution in [1.82, 2.24) is 0 Å². The molecule has 0 aliphatic rings. The van der Waals surface area contributed by atoms with Gasteiger partial charge in [0.15, 0.2) is 6.10 Å². The highest BCUT2D eigenvalue weighted by Crippen LogP contribution is 2.25. The fourth-order valence-corrected chi connectivity index (χ4v) is 2.68. The van der Waals surface area contributed by atoms with Gasteiger partial charge in [0.05, 0.1) is 0 Å². The Hall–Kier alpha value is -2.29. The minimum atomic E-state index is -0.509. The molecule has 0 unspecified atom stereocenters. The van der Waals surface area contributed by atoms with Gasteiger partial charge in [0, 0.05) is 5.69 Å². The Morgan fingerprint density at radius 1 is 1.04 bits per heavy atom. The van der Waals surface area contributed by atoms with Crippen molar-refractivity contribution in [3.05, 3.63) is 59.7 Å². The van der Waals surface area contributed by atoms with E-state index in [-0.39, 0.29) is 11.3 Å². The van der Waals surface area contributed by atoms with Crippen LogP contribution in [-0.2, 0) is 16.6 Å². The zero-order chi connectivity index (χ0) is 18.4. The van der Waals surface area contributed by atoms with Crippen LogP contribution in [0.25, 0.3) is 0 Å². The molecule has 0 saturated carbocycles. The second-order valence-electron chi connectivity index (χ2n) is 7.29. The summed E-state index contributed by atoms with van der Waals surface area (Å²) in [6, 6.07) is 15.9. The summed E-state index contributed by atoms with van der Waals surface area (Å²) in [7, 11) is 0. The summed E-state index contributed by atoms with van der Waals surface area (Å²) in [5.41, 5.74) is 3.33. The lowest BCUT2D eigenvalue weighted by molar-refractivity contribution is -0.122. The first-order chi connectivity index (χ1) is 11.8. The SMILES string of the molecule is CCc1ccccc1NC(=O)[C@H](CC)Oc1ccc(C(C)(C)C)cc1. The normalized spacial score (nSPS) is 12.5. The van der Waals surface area contributed by atoms with Crippen molar-refractivity contribution in [2.24, 2.45) is 0 Å². The molecule has 0 saturated heterocycles. The van der Waals surface area contributed by atoms with E-state index in [4.69, 9.17) is 4.74 Å². The Bertz CT molecular complexity index is 699. The molecule has 3 heteroatoms. The minimum absolute atomic E-state index is 0.101. The van der Waals surface area contributed by atoms with Gasteiger partial charge in [-0.25, -0.2) is 0 Å². The predicted octanol–water partition coefficient (Wildman–Crippen LogP) is 5.34. The van der Waals surface area contributed by atoms with Crippen LogP contribution in [0.4, 0.5) is 5.69 Å². The highest BCUT2D eigenvalue weighted by molar-refractivity contribution is 5.95. The van der Waals surface area contributed by atoms with Gasteiger partial charge >= 0.3 is 0 Å². The van der Waals surface area contributed by atoms with Crippen LogP contribution in [0.1, 0.15) is 52.2 Å². The number of hydrogen-bond acceptors (Lipinski definition) is 2. The van der Waals surface area contributed by atoms with Gasteiger partial charge < -0.3 is 10.1 Å². The fourth-order valence-electron chi connectivity index (χ4n) is 2.68. The van der Waals surface area contributed by atoms with E-state index in [2.05, 4.69) is 45.1 Å². The van der Waals surface area contributed by atoms with Crippen LogP contribution >= 0.6 is 0 Å². The molecule has 0 bridgehead atoms. The summed E-state index contributed by atoms with van der Waals surface area (Å²) >= 11 is 0. The Morgan fingerprint density at radius 2 is 1.68 bits per heavy atom. The maximum absolute atomic E-state index is 12.6. The van der Waals surface area contributed by atoms with Crippen molar-refractivity contribution in [3.8, 4) is 5.75 Å². The number of carbonyl (C=O) groups excluding carboxylic acids is 1. The first kappa shape index (κ1) is 19.0. The lowest BCUT2D eigenvalue weighted by atomic mass is 9.87. The van der Waals surface area contributed by atoms with E-state index < -0.39 is 6.10 Å². The number of para-hydroxylation sites is 1. The largest absolute Gasteiger partial charge is 0.481 e. The summed E-state index contributed by atoms with van der Waals surface area (Å²) in [6.07, 6.45) is 0.981. The molecule has 1 amide bonds. The highest BCUT2D eigenvalue weighted by Gasteiger charge is 2.20. The van der Waals surface area contributed by atoms with Gasteiger partial charge in [0.25, 0.3) is 5.91 Å². The van der Waals surface area contributed by atoms with Crippen molar-refractivity contribution in [2.45, 2.75) is 59.0 Å². The molecule has 0 aromatic heterocycles. The second kappa shape index (κ2) is 8.19. The lowest BCUT2D eigenvalue weighted by Gasteiger charge is -2.21. The van der Waals surface area contributed by atoms with Crippen LogP contribution in [0.3, 0.4) is 0 Å². The number of benzene rings is 2. The second-order valence-corrected chi connectivity index (χ2v) is 7.29. The summed E-state index contributed by atoms with van der Waals surface area (Å²) in [5.74, 6) is 0.613. The average Bonchev–Trinajstić information content (AvgIpc) is 2.59. The van der Waals surface area contributed by atoms with Gasteiger partial charge in [-0.3, -0.25) is 4.79 Å². The lowest BCUT2D eigenvalue weighted by Crippen LogP contribution is -2.32. The molecular formula is C22H29NO2. The summed E-state index contributed by atoms with van der Waals surface area (Å²) < 4.78 is 5.93. The van der Waals surface area contributed by atoms with Crippen molar-refractivity contribution in [1.29, 1.82) is 0 Å². The number of amides is 1. The molecule has 2 aromatic carbocycles. The molecule has 2 aromatic rings. The number of anilines is 1. The fraction of sp³-hybridized carbons (Fsp3) is 0.409. The molecule has 0 aliphatic heterocycles. The van der Waals surface area contributed by atoms with E-state index in [1.165, 1.54) is 5.56 Å². The standard InChI is InChI=1S/C22H29NO2/c1-6-16-10-8-9-11-19(16)23-21(24)20(7-2)25-18-14-12-17(13-15-18)22(3,4)5/h8-15,20H,6-7H2,1-5H3,(H,23,24)/t20-/m0/s1. The van der Waals surface area contributed by atoms with Crippen LogP contribution in [-0.4, -0.2) is 12.0 Å². The maximum Gasteiger partial charge on any atom is 0.265 e. The molecule has 1 atom stereocenters. The number of hydrogen-bond donors (Lipinski definition) is 1. The molecule has 0 aliphatic carbocycles. The first-order valence-electron chi connectivity index (χ1n) is 9.01. The average molecular weight is 339 g/mol. The molecule has 0 heterocycles. The maximum atomic E-state index is 12.6. The van der Waals surface area contributed by atoms with Crippen LogP contribution in [0.15, 0.2) is 48.5 Å².